The Hall–Kier alpha value is -4.31. The molecule has 35 heavy (non-hydrogen) atoms. The van der Waals surface area contributed by atoms with Gasteiger partial charge in [0.05, 0.1) is 11.1 Å². The number of carbonyl (C=O) groups is 3. The van der Waals surface area contributed by atoms with Gasteiger partial charge in [0.1, 0.15) is 11.5 Å². The van der Waals surface area contributed by atoms with E-state index in [0.717, 1.165) is 22.2 Å². The molecule has 5 rings (SSSR count). The molecular formula is C25H19N3O6S. The van der Waals surface area contributed by atoms with Crippen molar-refractivity contribution in [2.24, 2.45) is 0 Å². The number of rotatable bonds is 7. The van der Waals surface area contributed by atoms with Gasteiger partial charge in [0, 0.05) is 24.8 Å². The van der Waals surface area contributed by atoms with Crippen LogP contribution in [0.5, 0.6) is 23.0 Å². The number of benzene rings is 2. The lowest BCUT2D eigenvalue weighted by molar-refractivity contribution is -0.122. The topological polar surface area (TPSA) is 107 Å². The third kappa shape index (κ3) is 5.12. The summed E-state index contributed by atoms with van der Waals surface area (Å²) in [7, 11) is 0. The van der Waals surface area contributed by atoms with Crippen molar-refractivity contribution in [1.29, 1.82) is 0 Å². The van der Waals surface area contributed by atoms with Crippen LogP contribution in [0.25, 0.3) is 6.08 Å². The van der Waals surface area contributed by atoms with Crippen LogP contribution in [0, 0.1) is 0 Å². The van der Waals surface area contributed by atoms with Gasteiger partial charge in [-0.25, -0.2) is 0 Å². The van der Waals surface area contributed by atoms with Gasteiger partial charge in [-0.2, -0.15) is 0 Å². The van der Waals surface area contributed by atoms with Gasteiger partial charge in [-0.3, -0.25) is 24.3 Å². The fourth-order valence-electron chi connectivity index (χ4n) is 3.45. The van der Waals surface area contributed by atoms with Crippen LogP contribution in [0.4, 0.5) is 4.79 Å². The van der Waals surface area contributed by atoms with Gasteiger partial charge < -0.3 is 19.5 Å². The van der Waals surface area contributed by atoms with E-state index in [2.05, 4.69) is 10.3 Å². The maximum absolute atomic E-state index is 12.7. The van der Waals surface area contributed by atoms with E-state index in [1.165, 1.54) is 0 Å². The molecule has 0 saturated carbocycles. The van der Waals surface area contributed by atoms with E-state index >= 15 is 0 Å². The molecule has 0 bridgehead atoms. The minimum absolute atomic E-state index is 0.0666. The highest BCUT2D eigenvalue weighted by Crippen LogP contribution is 2.36. The zero-order valence-electron chi connectivity index (χ0n) is 18.3. The summed E-state index contributed by atoms with van der Waals surface area (Å²) in [5, 5.41) is 2.35. The number of ether oxygens (including phenoxy) is 3. The van der Waals surface area contributed by atoms with Gasteiger partial charge in [-0.15, -0.1) is 0 Å². The first kappa shape index (κ1) is 22.5. The molecule has 0 spiro atoms. The Labute approximate surface area is 204 Å². The maximum Gasteiger partial charge on any atom is 0.293 e. The van der Waals surface area contributed by atoms with E-state index in [-0.39, 0.29) is 31.0 Å². The Morgan fingerprint density at radius 3 is 2.71 bits per heavy atom. The second-order valence-corrected chi connectivity index (χ2v) is 8.51. The third-order valence-electron chi connectivity index (χ3n) is 5.18. The van der Waals surface area contributed by atoms with Gasteiger partial charge in [0.25, 0.3) is 17.1 Å². The van der Waals surface area contributed by atoms with Crippen LogP contribution < -0.4 is 19.5 Å². The summed E-state index contributed by atoms with van der Waals surface area (Å²) in [4.78, 5) is 42.9. The monoisotopic (exact) mass is 489 g/mol. The number of amides is 3. The van der Waals surface area contributed by atoms with Crippen LogP contribution in [-0.4, -0.2) is 46.8 Å². The van der Waals surface area contributed by atoms with Crippen molar-refractivity contribution in [3.05, 3.63) is 83.0 Å². The molecule has 3 aromatic rings. The average Bonchev–Trinajstić information content (AvgIpc) is 3.44. The van der Waals surface area contributed by atoms with Crippen LogP contribution in [-0.2, 0) is 4.79 Å². The molecule has 2 aliphatic heterocycles. The maximum atomic E-state index is 12.7. The number of hydrogen-bond acceptors (Lipinski definition) is 8. The molecule has 9 nitrogen and oxygen atoms in total. The summed E-state index contributed by atoms with van der Waals surface area (Å²) in [6, 6.07) is 15.5. The summed E-state index contributed by atoms with van der Waals surface area (Å²) >= 11 is 0.863. The first-order valence-corrected chi connectivity index (χ1v) is 11.5. The Morgan fingerprint density at radius 1 is 1.09 bits per heavy atom. The van der Waals surface area contributed by atoms with E-state index in [9.17, 15) is 14.4 Å². The lowest BCUT2D eigenvalue weighted by Gasteiger charge is -2.13. The van der Waals surface area contributed by atoms with Crippen molar-refractivity contribution in [2.45, 2.75) is 0 Å². The first-order chi connectivity index (χ1) is 17.1. The SMILES string of the molecule is O=C(NCCN1C(=O)S/C(=C/c2ccc3c(c2)OCO3)C1=O)c1ccc(Oc2cccnc2)cc1. The number of hydrogen-bond donors (Lipinski definition) is 1. The van der Waals surface area contributed by atoms with Crippen molar-refractivity contribution in [3.63, 3.8) is 0 Å². The van der Waals surface area contributed by atoms with Crippen LogP contribution in [0.1, 0.15) is 15.9 Å². The number of thioether (sulfide) groups is 1. The number of carbonyl (C=O) groups excluding carboxylic acids is 3. The van der Waals surface area contributed by atoms with E-state index < -0.39 is 5.91 Å². The van der Waals surface area contributed by atoms with Gasteiger partial charge >= 0.3 is 0 Å². The highest BCUT2D eigenvalue weighted by atomic mass is 32.2. The number of fused-ring (bicyclic) bond motifs is 1. The highest BCUT2D eigenvalue weighted by molar-refractivity contribution is 8.18. The van der Waals surface area contributed by atoms with E-state index in [4.69, 9.17) is 14.2 Å². The summed E-state index contributed by atoms with van der Waals surface area (Å²) in [5.74, 6) is 1.68. The second kappa shape index (κ2) is 9.90. The molecule has 1 aromatic heterocycles. The molecule has 2 aromatic carbocycles. The largest absolute Gasteiger partial charge is 0.456 e. The van der Waals surface area contributed by atoms with Crippen molar-refractivity contribution >= 4 is 34.9 Å². The fourth-order valence-corrected chi connectivity index (χ4v) is 4.31. The molecular weight excluding hydrogens is 470 g/mol. The van der Waals surface area contributed by atoms with Gasteiger partial charge in [-0.1, -0.05) is 6.07 Å². The molecule has 3 heterocycles. The predicted molar refractivity (Wildman–Crippen MR) is 128 cm³/mol. The zero-order valence-corrected chi connectivity index (χ0v) is 19.1. The summed E-state index contributed by atoms with van der Waals surface area (Å²) in [5.41, 5.74) is 1.16. The van der Waals surface area contributed by atoms with Crippen molar-refractivity contribution in [2.75, 3.05) is 19.9 Å². The number of pyridine rings is 1. The average molecular weight is 490 g/mol. The van der Waals surface area contributed by atoms with Crippen molar-refractivity contribution in [1.82, 2.24) is 15.2 Å². The minimum atomic E-state index is -0.399. The quantitative estimate of drug-likeness (QED) is 0.495. The highest BCUT2D eigenvalue weighted by Gasteiger charge is 2.34. The van der Waals surface area contributed by atoms with E-state index in [1.807, 2.05) is 0 Å². The molecule has 3 amide bonds. The summed E-state index contributed by atoms with van der Waals surface area (Å²) in [6.07, 6.45) is 4.88. The number of imide groups is 1. The molecule has 1 fully saturated rings. The van der Waals surface area contributed by atoms with Gasteiger partial charge in [0.2, 0.25) is 6.79 Å². The van der Waals surface area contributed by atoms with Crippen molar-refractivity contribution in [3.8, 4) is 23.0 Å². The number of nitrogens with zero attached hydrogens (tertiary/aromatic N) is 2. The molecule has 10 heteroatoms. The molecule has 0 unspecified atom stereocenters. The summed E-state index contributed by atoms with van der Waals surface area (Å²) in [6.45, 7) is 0.351. The standard InChI is InChI=1S/C25H19N3O6S/c29-23(17-4-6-18(7-5-17)34-19-2-1-9-26-14-19)27-10-11-28-24(30)22(35-25(28)31)13-16-3-8-20-21(12-16)33-15-32-20/h1-9,12-14H,10-11,15H2,(H,27,29)/b22-13+. The van der Waals surface area contributed by atoms with Gasteiger partial charge in [-0.05, 0) is 71.9 Å². The predicted octanol–water partition coefficient (Wildman–Crippen LogP) is 4.07. The molecule has 1 N–H and O–H groups in total. The Morgan fingerprint density at radius 2 is 1.91 bits per heavy atom. The van der Waals surface area contributed by atoms with E-state index in [0.29, 0.717) is 33.5 Å². The lowest BCUT2D eigenvalue weighted by Crippen LogP contribution is -2.37. The second-order valence-electron chi connectivity index (χ2n) is 7.52. The number of aromatic nitrogens is 1. The summed E-state index contributed by atoms with van der Waals surface area (Å²) < 4.78 is 16.3. The van der Waals surface area contributed by atoms with Crippen LogP contribution in [0.2, 0.25) is 0 Å². The van der Waals surface area contributed by atoms with Gasteiger partial charge in [0.15, 0.2) is 11.5 Å². The Balaban J connectivity index is 1.14. The zero-order chi connectivity index (χ0) is 24.2. The van der Waals surface area contributed by atoms with Crippen molar-refractivity contribution < 1.29 is 28.6 Å². The molecule has 176 valence electrons. The van der Waals surface area contributed by atoms with E-state index in [1.54, 1.807) is 73.1 Å². The van der Waals surface area contributed by atoms with Crippen LogP contribution >= 0.6 is 11.8 Å². The Kier molecular flexibility index (Phi) is 6.36. The van der Waals surface area contributed by atoms with Crippen LogP contribution in [0.3, 0.4) is 0 Å². The molecule has 2 aliphatic rings. The third-order valence-corrected chi connectivity index (χ3v) is 6.08. The molecule has 0 atom stereocenters. The molecule has 1 saturated heterocycles. The minimum Gasteiger partial charge on any atom is -0.456 e. The number of nitrogens with one attached hydrogen (secondary N) is 1. The first-order valence-electron chi connectivity index (χ1n) is 10.7. The normalized spacial score (nSPS) is 15.5. The Bertz CT molecular complexity index is 1310. The lowest BCUT2D eigenvalue weighted by atomic mass is 10.2. The smallest absolute Gasteiger partial charge is 0.293 e. The molecule has 0 radical (unpaired) electrons. The van der Waals surface area contributed by atoms with Crippen LogP contribution in [0.15, 0.2) is 71.9 Å². The molecule has 0 aliphatic carbocycles. The fraction of sp³-hybridized carbons (Fsp3) is 0.120.